The Balaban J connectivity index is 1.72. The number of ether oxygens (including phenoxy) is 2. The van der Waals surface area contributed by atoms with E-state index in [1.54, 1.807) is 30.3 Å². The summed E-state index contributed by atoms with van der Waals surface area (Å²) in [7, 11) is 5.22. The van der Waals surface area contributed by atoms with Gasteiger partial charge >= 0.3 is 5.69 Å². The standard InChI is InChI=1S/C22H29N3O3/c1-15(2)12-23-13-16-7-9-20(21(11-16)27-5)28-14-17-6-8-18-19(10-17)25(4)22(26)24(18)3/h6-11,15,23H,12-14H2,1-5H3. The highest BCUT2D eigenvalue weighted by Crippen LogP contribution is 2.29. The van der Waals surface area contributed by atoms with E-state index in [0.29, 0.717) is 18.3 Å². The second-order valence-corrected chi connectivity index (χ2v) is 7.52. The smallest absolute Gasteiger partial charge is 0.328 e. The zero-order valence-corrected chi connectivity index (χ0v) is 17.3. The summed E-state index contributed by atoms with van der Waals surface area (Å²) < 4.78 is 14.8. The van der Waals surface area contributed by atoms with Crippen molar-refractivity contribution >= 4 is 11.0 Å². The molecule has 0 atom stereocenters. The molecule has 0 radical (unpaired) electrons. The fraction of sp³-hybridized carbons (Fsp3) is 0.409. The van der Waals surface area contributed by atoms with E-state index in [9.17, 15) is 4.79 Å². The molecule has 2 aromatic carbocycles. The van der Waals surface area contributed by atoms with Gasteiger partial charge in [0.1, 0.15) is 6.61 Å². The normalized spacial score (nSPS) is 11.4. The van der Waals surface area contributed by atoms with Crippen LogP contribution < -0.4 is 20.5 Å². The van der Waals surface area contributed by atoms with Gasteiger partial charge in [-0.05, 0) is 47.9 Å². The van der Waals surface area contributed by atoms with Gasteiger partial charge in [-0.1, -0.05) is 26.0 Å². The average molecular weight is 383 g/mol. The van der Waals surface area contributed by atoms with Crippen molar-refractivity contribution < 1.29 is 9.47 Å². The van der Waals surface area contributed by atoms with E-state index < -0.39 is 0 Å². The molecule has 0 saturated heterocycles. The highest BCUT2D eigenvalue weighted by Gasteiger charge is 2.10. The van der Waals surface area contributed by atoms with Gasteiger partial charge in [0.25, 0.3) is 0 Å². The zero-order chi connectivity index (χ0) is 20.3. The SMILES string of the molecule is COc1cc(CNCC(C)C)ccc1OCc1ccc2c(c1)n(C)c(=O)n2C. The third-order valence-corrected chi connectivity index (χ3v) is 4.84. The molecule has 0 aliphatic carbocycles. The van der Waals surface area contributed by atoms with E-state index >= 15 is 0 Å². The van der Waals surface area contributed by atoms with Crippen molar-refractivity contribution in [2.45, 2.75) is 27.0 Å². The summed E-state index contributed by atoms with van der Waals surface area (Å²) in [4.78, 5) is 12.1. The number of nitrogens with one attached hydrogen (secondary N) is 1. The molecular weight excluding hydrogens is 354 g/mol. The molecule has 0 fully saturated rings. The first kappa shape index (κ1) is 20.0. The molecule has 150 valence electrons. The van der Waals surface area contributed by atoms with Gasteiger partial charge < -0.3 is 14.8 Å². The van der Waals surface area contributed by atoms with Gasteiger partial charge in [0, 0.05) is 20.6 Å². The minimum atomic E-state index is -0.0311. The van der Waals surface area contributed by atoms with Gasteiger partial charge in [-0.3, -0.25) is 9.13 Å². The predicted octanol–water partition coefficient (Wildman–Crippen LogP) is 3.21. The third-order valence-electron chi connectivity index (χ3n) is 4.84. The summed E-state index contributed by atoms with van der Waals surface area (Å²) in [5, 5.41) is 3.43. The van der Waals surface area contributed by atoms with Crippen molar-refractivity contribution in [3.05, 3.63) is 58.0 Å². The molecule has 0 bridgehead atoms. The molecule has 1 heterocycles. The molecule has 0 unspecified atom stereocenters. The summed E-state index contributed by atoms with van der Waals surface area (Å²) in [6, 6.07) is 11.9. The summed E-state index contributed by atoms with van der Waals surface area (Å²) >= 11 is 0. The molecule has 6 heteroatoms. The van der Waals surface area contributed by atoms with Crippen molar-refractivity contribution in [2.24, 2.45) is 20.0 Å². The fourth-order valence-corrected chi connectivity index (χ4v) is 3.25. The largest absolute Gasteiger partial charge is 0.493 e. The number of hydrogen-bond donors (Lipinski definition) is 1. The molecule has 28 heavy (non-hydrogen) atoms. The van der Waals surface area contributed by atoms with Crippen molar-refractivity contribution in [1.29, 1.82) is 0 Å². The average Bonchev–Trinajstić information content (AvgIpc) is 2.90. The number of hydrogen-bond acceptors (Lipinski definition) is 4. The van der Waals surface area contributed by atoms with E-state index in [-0.39, 0.29) is 5.69 Å². The van der Waals surface area contributed by atoms with E-state index in [1.165, 1.54) is 0 Å². The van der Waals surface area contributed by atoms with Gasteiger partial charge in [0.05, 0.1) is 18.1 Å². The highest BCUT2D eigenvalue weighted by molar-refractivity contribution is 5.76. The molecule has 0 saturated carbocycles. The van der Waals surface area contributed by atoms with Gasteiger partial charge in [0.15, 0.2) is 11.5 Å². The Morgan fingerprint density at radius 1 is 0.964 bits per heavy atom. The van der Waals surface area contributed by atoms with Crippen LogP contribution in [0, 0.1) is 5.92 Å². The van der Waals surface area contributed by atoms with E-state index in [1.807, 2.05) is 30.3 Å². The van der Waals surface area contributed by atoms with Gasteiger partial charge in [0.2, 0.25) is 0 Å². The molecule has 3 rings (SSSR count). The Morgan fingerprint density at radius 2 is 1.68 bits per heavy atom. The zero-order valence-electron chi connectivity index (χ0n) is 17.3. The topological polar surface area (TPSA) is 57.4 Å². The number of nitrogens with zero attached hydrogens (tertiary/aromatic N) is 2. The van der Waals surface area contributed by atoms with Crippen LogP contribution in [0.2, 0.25) is 0 Å². The van der Waals surface area contributed by atoms with Crippen molar-refractivity contribution in [1.82, 2.24) is 14.5 Å². The van der Waals surface area contributed by atoms with Gasteiger partial charge in [-0.2, -0.15) is 0 Å². The molecule has 6 nitrogen and oxygen atoms in total. The van der Waals surface area contributed by atoms with Crippen LogP contribution in [0.5, 0.6) is 11.5 Å². The number of methoxy groups -OCH3 is 1. The number of aromatic nitrogens is 2. The summed E-state index contributed by atoms with van der Waals surface area (Å²) in [6.45, 7) is 6.56. The minimum absolute atomic E-state index is 0.0311. The molecule has 0 amide bonds. The predicted molar refractivity (Wildman–Crippen MR) is 112 cm³/mol. The summed E-state index contributed by atoms with van der Waals surface area (Å²) in [6.07, 6.45) is 0. The first-order valence-electron chi connectivity index (χ1n) is 9.55. The maximum Gasteiger partial charge on any atom is 0.328 e. The van der Waals surface area contributed by atoms with Crippen LogP contribution in [0.3, 0.4) is 0 Å². The molecule has 1 aromatic heterocycles. The monoisotopic (exact) mass is 383 g/mol. The Labute approximate surface area is 165 Å². The first-order valence-corrected chi connectivity index (χ1v) is 9.55. The number of benzene rings is 2. The lowest BCUT2D eigenvalue weighted by molar-refractivity contribution is 0.284. The molecule has 1 N–H and O–H groups in total. The molecular formula is C22H29N3O3. The number of imidazole rings is 1. The third kappa shape index (κ3) is 4.22. The van der Waals surface area contributed by atoms with Crippen LogP contribution >= 0.6 is 0 Å². The maximum atomic E-state index is 12.1. The Hall–Kier alpha value is -2.73. The lowest BCUT2D eigenvalue weighted by Crippen LogP contribution is -2.19. The summed E-state index contributed by atoms with van der Waals surface area (Å²) in [5.74, 6) is 2.04. The molecule has 0 aliphatic rings. The van der Waals surface area contributed by atoms with Crippen molar-refractivity contribution in [3.63, 3.8) is 0 Å². The second-order valence-electron chi connectivity index (χ2n) is 7.52. The van der Waals surface area contributed by atoms with Crippen LogP contribution in [0.1, 0.15) is 25.0 Å². The number of aryl methyl sites for hydroxylation is 2. The molecule has 3 aromatic rings. The van der Waals surface area contributed by atoms with E-state index in [4.69, 9.17) is 9.47 Å². The van der Waals surface area contributed by atoms with E-state index in [0.717, 1.165) is 41.0 Å². The quantitative estimate of drug-likeness (QED) is 0.649. The van der Waals surface area contributed by atoms with Crippen LogP contribution in [-0.4, -0.2) is 22.8 Å². The Kier molecular flexibility index (Phi) is 6.09. The van der Waals surface area contributed by atoms with Crippen molar-refractivity contribution in [3.8, 4) is 11.5 Å². The number of fused-ring (bicyclic) bond motifs is 1. The lowest BCUT2D eigenvalue weighted by Gasteiger charge is -2.13. The van der Waals surface area contributed by atoms with Crippen LogP contribution in [-0.2, 0) is 27.2 Å². The second kappa shape index (κ2) is 8.52. The molecule has 0 spiro atoms. The van der Waals surface area contributed by atoms with Gasteiger partial charge in [-0.25, -0.2) is 4.79 Å². The molecule has 0 aliphatic heterocycles. The maximum absolute atomic E-state index is 12.1. The van der Waals surface area contributed by atoms with Crippen LogP contribution in [0.15, 0.2) is 41.2 Å². The first-order chi connectivity index (χ1) is 13.4. The van der Waals surface area contributed by atoms with Crippen LogP contribution in [0.4, 0.5) is 0 Å². The lowest BCUT2D eigenvalue weighted by atomic mass is 10.1. The summed E-state index contributed by atoms with van der Waals surface area (Å²) in [5.41, 5.74) is 3.93. The fourth-order valence-electron chi connectivity index (χ4n) is 3.25. The number of rotatable bonds is 8. The minimum Gasteiger partial charge on any atom is -0.493 e. The van der Waals surface area contributed by atoms with Gasteiger partial charge in [-0.15, -0.1) is 0 Å². The van der Waals surface area contributed by atoms with Crippen LogP contribution in [0.25, 0.3) is 11.0 Å². The Bertz CT molecular complexity index is 1020. The van der Waals surface area contributed by atoms with E-state index in [2.05, 4.69) is 25.2 Å². The Morgan fingerprint density at radius 3 is 2.39 bits per heavy atom. The van der Waals surface area contributed by atoms with Crippen molar-refractivity contribution in [2.75, 3.05) is 13.7 Å². The highest BCUT2D eigenvalue weighted by atomic mass is 16.5.